The van der Waals surface area contributed by atoms with Gasteiger partial charge in [-0.2, -0.15) is 0 Å². The van der Waals surface area contributed by atoms with Gasteiger partial charge in [0.2, 0.25) is 0 Å². The lowest BCUT2D eigenvalue weighted by Gasteiger charge is -2.13. The summed E-state index contributed by atoms with van der Waals surface area (Å²) in [6, 6.07) is 4.17. The van der Waals surface area contributed by atoms with Crippen LogP contribution in [0.25, 0.3) is 0 Å². The molecule has 0 saturated carbocycles. The van der Waals surface area contributed by atoms with E-state index in [1.165, 1.54) is 4.88 Å². The second-order valence-corrected chi connectivity index (χ2v) is 5.35. The topological polar surface area (TPSA) is 17.1 Å². The number of ketones is 1. The summed E-state index contributed by atoms with van der Waals surface area (Å²) in [5, 5.41) is 2.08. The smallest absolute Gasteiger partial charge is 0.136 e. The van der Waals surface area contributed by atoms with Crippen LogP contribution in [0.15, 0.2) is 17.5 Å². The molecule has 0 aliphatic carbocycles. The van der Waals surface area contributed by atoms with Crippen LogP contribution in [0.1, 0.15) is 50.8 Å². The Morgan fingerprint density at radius 1 is 1.31 bits per heavy atom. The molecule has 0 bridgehead atoms. The van der Waals surface area contributed by atoms with E-state index >= 15 is 0 Å². The number of aryl methyl sites for hydroxylation is 1. The molecule has 1 heterocycles. The van der Waals surface area contributed by atoms with Gasteiger partial charge in [-0.05, 0) is 30.7 Å². The summed E-state index contributed by atoms with van der Waals surface area (Å²) in [7, 11) is 0. The lowest BCUT2D eigenvalue weighted by Crippen LogP contribution is -2.14. The van der Waals surface area contributed by atoms with Crippen LogP contribution in [0.3, 0.4) is 0 Å². The van der Waals surface area contributed by atoms with Gasteiger partial charge in [0.15, 0.2) is 0 Å². The first-order valence-electron chi connectivity index (χ1n) is 6.33. The van der Waals surface area contributed by atoms with Gasteiger partial charge in [-0.15, -0.1) is 11.3 Å². The van der Waals surface area contributed by atoms with Gasteiger partial charge >= 0.3 is 0 Å². The van der Waals surface area contributed by atoms with E-state index < -0.39 is 0 Å². The Kier molecular flexibility index (Phi) is 6.39. The molecule has 0 aliphatic heterocycles. The van der Waals surface area contributed by atoms with E-state index in [1.54, 1.807) is 11.3 Å². The summed E-state index contributed by atoms with van der Waals surface area (Å²) in [5.41, 5.74) is 0. The number of carbonyl (C=O) groups is 1. The molecule has 0 N–H and O–H groups in total. The third kappa shape index (κ3) is 4.48. The van der Waals surface area contributed by atoms with Gasteiger partial charge in [0.1, 0.15) is 5.78 Å². The Hall–Kier alpha value is -0.630. The minimum Gasteiger partial charge on any atom is -0.299 e. The van der Waals surface area contributed by atoms with Gasteiger partial charge < -0.3 is 0 Å². The highest BCUT2D eigenvalue weighted by Gasteiger charge is 2.16. The first-order valence-corrected chi connectivity index (χ1v) is 7.21. The molecule has 2 heteroatoms. The maximum absolute atomic E-state index is 12.0. The Morgan fingerprint density at radius 2 is 2.00 bits per heavy atom. The zero-order chi connectivity index (χ0) is 11.8. The third-order valence-electron chi connectivity index (χ3n) is 2.93. The minimum atomic E-state index is 0.315. The molecule has 1 rings (SSSR count). The summed E-state index contributed by atoms with van der Waals surface area (Å²) >= 11 is 1.75. The number of hydrogen-bond acceptors (Lipinski definition) is 2. The van der Waals surface area contributed by atoms with Crippen LogP contribution in [-0.2, 0) is 11.2 Å². The normalized spacial score (nSPS) is 10.9. The molecule has 90 valence electrons. The summed E-state index contributed by atoms with van der Waals surface area (Å²) < 4.78 is 0. The van der Waals surface area contributed by atoms with E-state index in [4.69, 9.17) is 0 Å². The lowest BCUT2D eigenvalue weighted by molar-refractivity contribution is -0.123. The predicted molar refractivity (Wildman–Crippen MR) is 71.0 cm³/mol. The van der Waals surface area contributed by atoms with Gasteiger partial charge in [-0.3, -0.25) is 4.79 Å². The Bertz CT molecular complexity index is 284. The standard InChI is InChI=1S/C14H22OS/c1-3-6-12(7-4-2)14(15)10-9-13-8-5-11-16-13/h5,8,11-12H,3-4,6-7,9-10H2,1-2H3. The van der Waals surface area contributed by atoms with Crippen molar-refractivity contribution in [2.45, 2.75) is 52.4 Å². The van der Waals surface area contributed by atoms with Crippen LogP contribution >= 0.6 is 11.3 Å². The fourth-order valence-corrected chi connectivity index (χ4v) is 2.78. The molecule has 1 nitrogen and oxygen atoms in total. The first-order chi connectivity index (χ1) is 7.77. The largest absolute Gasteiger partial charge is 0.299 e. The lowest BCUT2D eigenvalue weighted by atomic mass is 9.91. The van der Waals surface area contributed by atoms with Gasteiger partial charge in [-0.25, -0.2) is 0 Å². The molecule has 0 amide bonds. The van der Waals surface area contributed by atoms with Crippen molar-refractivity contribution in [1.82, 2.24) is 0 Å². The SMILES string of the molecule is CCCC(CCC)C(=O)CCc1cccs1. The average molecular weight is 238 g/mol. The molecular weight excluding hydrogens is 216 g/mol. The highest BCUT2D eigenvalue weighted by Crippen LogP contribution is 2.19. The number of rotatable bonds is 8. The van der Waals surface area contributed by atoms with Gasteiger partial charge in [0.05, 0.1) is 0 Å². The molecule has 0 fully saturated rings. The van der Waals surface area contributed by atoms with Crippen molar-refractivity contribution in [2.24, 2.45) is 5.92 Å². The van der Waals surface area contributed by atoms with E-state index in [-0.39, 0.29) is 0 Å². The van der Waals surface area contributed by atoms with Crippen molar-refractivity contribution >= 4 is 17.1 Å². The fourth-order valence-electron chi connectivity index (χ4n) is 2.07. The molecule has 16 heavy (non-hydrogen) atoms. The van der Waals surface area contributed by atoms with Crippen molar-refractivity contribution in [3.8, 4) is 0 Å². The van der Waals surface area contributed by atoms with Crippen molar-refractivity contribution < 1.29 is 4.79 Å². The first kappa shape index (κ1) is 13.4. The quantitative estimate of drug-likeness (QED) is 0.653. The molecule has 1 aromatic rings. The molecule has 0 unspecified atom stereocenters. The average Bonchev–Trinajstić information content (AvgIpc) is 2.78. The highest BCUT2D eigenvalue weighted by molar-refractivity contribution is 7.09. The van der Waals surface area contributed by atoms with Crippen LogP contribution in [0.4, 0.5) is 0 Å². The van der Waals surface area contributed by atoms with Crippen molar-refractivity contribution in [1.29, 1.82) is 0 Å². The van der Waals surface area contributed by atoms with Gasteiger partial charge in [-0.1, -0.05) is 32.8 Å². The van der Waals surface area contributed by atoms with Crippen LogP contribution in [0.2, 0.25) is 0 Å². The third-order valence-corrected chi connectivity index (χ3v) is 3.86. The van der Waals surface area contributed by atoms with Crippen LogP contribution < -0.4 is 0 Å². The van der Waals surface area contributed by atoms with E-state index in [0.29, 0.717) is 11.7 Å². The van der Waals surface area contributed by atoms with Crippen LogP contribution in [0, 0.1) is 5.92 Å². The molecule has 0 spiro atoms. The van der Waals surface area contributed by atoms with E-state index in [1.807, 2.05) is 0 Å². The number of Topliss-reactive ketones (excluding diaryl/α,β-unsaturated/α-hetero) is 1. The zero-order valence-electron chi connectivity index (χ0n) is 10.4. The Morgan fingerprint density at radius 3 is 2.50 bits per heavy atom. The monoisotopic (exact) mass is 238 g/mol. The minimum absolute atomic E-state index is 0.315. The Balaban J connectivity index is 2.36. The molecule has 1 aromatic heterocycles. The fraction of sp³-hybridized carbons (Fsp3) is 0.643. The molecule has 0 atom stereocenters. The van der Waals surface area contributed by atoms with Crippen molar-refractivity contribution in [3.63, 3.8) is 0 Å². The summed E-state index contributed by atoms with van der Waals surface area (Å²) in [6.07, 6.45) is 6.03. The summed E-state index contributed by atoms with van der Waals surface area (Å²) in [5.74, 6) is 0.784. The van der Waals surface area contributed by atoms with Crippen molar-refractivity contribution in [2.75, 3.05) is 0 Å². The highest BCUT2D eigenvalue weighted by atomic mass is 32.1. The van der Waals surface area contributed by atoms with Crippen molar-refractivity contribution in [3.05, 3.63) is 22.4 Å². The number of carbonyl (C=O) groups excluding carboxylic acids is 1. The second kappa shape index (κ2) is 7.61. The van der Waals surface area contributed by atoms with Gasteiger partial charge in [0, 0.05) is 17.2 Å². The molecule has 0 radical (unpaired) electrons. The maximum Gasteiger partial charge on any atom is 0.136 e. The number of hydrogen-bond donors (Lipinski definition) is 0. The van der Waals surface area contributed by atoms with E-state index in [0.717, 1.165) is 38.5 Å². The van der Waals surface area contributed by atoms with E-state index in [9.17, 15) is 4.79 Å². The summed E-state index contributed by atoms with van der Waals surface area (Å²) in [4.78, 5) is 13.4. The molecule has 0 aromatic carbocycles. The predicted octanol–water partition coefficient (Wildman–Crippen LogP) is 4.47. The second-order valence-electron chi connectivity index (χ2n) is 4.32. The zero-order valence-corrected chi connectivity index (χ0v) is 11.2. The van der Waals surface area contributed by atoms with Crippen LogP contribution in [0.5, 0.6) is 0 Å². The molecule has 0 aliphatic rings. The Labute approximate surface area is 103 Å². The van der Waals surface area contributed by atoms with Gasteiger partial charge in [0.25, 0.3) is 0 Å². The maximum atomic E-state index is 12.0. The molecular formula is C14H22OS. The van der Waals surface area contributed by atoms with Crippen LogP contribution in [-0.4, -0.2) is 5.78 Å². The molecule has 0 saturated heterocycles. The number of thiophene rings is 1. The summed E-state index contributed by atoms with van der Waals surface area (Å²) in [6.45, 7) is 4.32. The van der Waals surface area contributed by atoms with E-state index in [2.05, 4.69) is 31.4 Å².